The molecule has 0 saturated carbocycles. The summed E-state index contributed by atoms with van der Waals surface area (Å²) in [5.74, 6) is 2.04. The van der Waals surface area contributed by atoms with E-state index >= 15 is 0 Å². The van der Waals surface area contributed by atoms with Crippen LogP contribution in [0.25, 0.3) is 0 Å². The number of hydrogen-bond donors (Lipinski definition) is 1. The summed E-state index contributed by atoms with van der Waals surface area (Å²) < 4.78 is 5.99. The van der Waals surface area contributed by atoms with Gasteiger partial charge in [0.2, 0.25) is 0 Å². The van der Waals surface area contributed by atoms with Gasteiger partial charge in [-0.05, 0) is 80.5 Å². The zero-order chi connectivity index (χ0) is 20.7. The van der Waals surface area contributed by atoms with Crippen molar-refractivity contribution in [2.45, 2.75) is 71.4 Å². The minimum Gasteiger partial charge on any atom is -0.376 e. The van der Waals surface area contributed by atoms with Gasteiger partial charge in [-0.15, -0.1) is 0 Å². The zero-order valence-corrected chi connectivity index (χ0v) is 18.8. The highest BCUT2D eigenvalue weighted by molar-refractivity contribution is 5.24. The number of hydrogen-bond acceptors (Lipinski definition) is 2. The molecular formula is C27H39NO. The van der Waals surface area contributed by atoms with Crippen molar-refractivity contribution in [3.8, 4) is 0 Å². The number of benzene rings is 2. The first kappa shape index (κ1) is 22.1. The van der Waals surface area contributed by atoms with Gasteiger partial charge in [0.1, 0.15) is 0 Å². The Bertz CT molecular complexity index is 720. The third kappa shape index (κ3) is 6.97. The van der Waals surface area contributed by atoms with Crippen LogP contribution in [0.2, 0.25) is 0 Å². The average molecular weight is 394 g/mol. The minimum atomic E-state index is 0.0173. The van der Waals surface area contributed by atoms with E-state index in [1.807, 2.05) is 0 Å². The summed E-state index contributed by atoms with van der Waals surface area (Å²) in [6, 6.07) is 20.1. The number of nitrogens with one attached hydrogen (secondary N) is 1. The molecule has 1 heterocycles. The zero-order valence-electron chi connectivity index (χ0n) is 18.8. The molecule has 0 aliphatic carbocycles. The Labute approximate surface area is 178 Å². The summed E-state index contributed by atoms with van der Waals surface area (Å²) in [5.41, 5.74) is 4.27. The van der Waals surface area contributed by atoms with Gasteiger partial charge in [0.25, 0.3) is 0 Å². The molecule has 1 saturated heterocycles. The van der Waals surface area contributed by atoms with E-state index < -0.39 is 0 Å². The van der Waals surface area contributed by atoms with Gasteiger partial charge < -0.3 is 10.1 Å². The van der Waals surface area contributed by atoms with Crippen LogP contribution in [0, 0.1) is 11.8 Å². The first-order valence-corrected chi connectivity index (χ1v) is 11.4. The van der Waals surface area contributed by atoms with Crippen LogP contribution in [0.1, 0.15) is 69.6 Å². The summed E-state index contributed by atoms with van der Waals surface area (Å²) in [7, 11) is 0. The van der Waals surface area contributed by atoms with Crippen LogP contribution in [0.5, 0.6) is 0 Å². The fourth-order valence-corrected chi connectivity index (χ4v) is 4.64. The van der Waals surface area contributed by atoms with Crippen LogP contribution in [0.4, 0.5) is 0 Å². The van der Waals surface area contributed by atoms with Gasteiger partial charge in [0.05, 0.1) is 5.60 Å². The maximum atomic E-state index is 5.99. The molecular weight excluding hydrogens is 354 g/mol. The van der Waals surface area contributed by atoms with E-state index in [0.29, 0.717) is 11.8 Å². The lowest BCUT2D eigenvalue weighted by molar-refractivity contribution is -0.0830. The van der Waals surface area contributed by atoms with Crippen molar-refractivity contribution < 1.29 is 4.74 Å². The van der Waals surface area contributed by atoms with Crippen LogP contribution in [0.15, 0.2) is 54.6 Å². The molecule has 29 heavy (non-hydrogen) atoms. The average Bonchev–Trinajstić information content (AvgIpc) is 2.70. The summed E-state index contributed by atoms with van der Waals surface area (Å²) in [6.45, 7) is 11.9. The fourth-order valence-electron chi connectivity index (χ4n) is 4.64. The molecule has 2 heteroatoms. The standard InChI is InChI=1S/C27H39NO/c1-21(2)24-12-10-23(11-13-24)20-28-16-14-25(18-22-8-6-5-7-9-22)26-15-17-29-27(3,4)19-26/h5-13,21,25-26,28H,14-20H2,1-4H3. The van der Waals surface area contributed by atoms with Crippen LogP contribution in [0.3, 0.4) is 0 Å². The third-order valence-electron chi connectivity index (χ3n) is 6.41. The molecule has 0 aromatic heterocycles. The minimum absolute atomic E-state index is 0.0173. The molecule has 2 aromatic rings. The number of ether oxygens (including phenoxy) is 1. The lowest BCUT2D eigenvalue weighted by atomic mass is 9.75. The Morgan fingerprint density at radius 1 is 1.00 bits per heavy atom. The molecule has 2 unspecified atom stereocenters. The van der Waals surface area contributed by atoms with Crippen LogP contribution in [-0.4, -0.2) is 18.8 Å². The van der Waals surface area contributed by atoms with Gasteiger partial charge in [0.15, 0.2) is 0 Å². The normalized spacial score (nSPS) is 20.0. The van der Waals surface area contributed by atoms with Crippen LogP contribution >= 0.6 is 0 Å². The molecule has 2 aromatic carbocycles. The lowest BCUT2D eigenvalue weighted by Gasteiger charge is -2.39. The molecule has 0 spiro atoms. The first-order valence-electron chi connectivity index (χ1n) is 11.4. The molecule has 1 aliphatic rings. The fraction of sp³-hybridized carbons (Fsp3) is 0.556. The van der Waals surface area contributed by atoms with Gasteiger partial charge in [-0.2, -0.15) is 0 Å². The Morgan fingerprint density at radius 3 is 2.38 bits per heavy atom. The molecule has 158 valence electrons. The maximum Gasteiger partial charge on any atom is 0.0629 e. The van der Waals surface area contributed by atoms with Crippen molar-refractivity contribution in [2.75, 3.05) is 13.2 Å². The topological polar surface area (TPSA) is 21.3 Å². The van der Waals surface area contributed by atoms with Gasteiger partial charge in [0, 0.05) is 13.2 Å². The van der Waals surface area contributed by atoms with E-state index in [4.69, 9.17) is 4.74 Å². The maximum absolute atomic E-state index is 5.99. The lowest BCUT2D eigenvalue weighted by Crippen LogP contribution is -2.38. The highest BCUT2D eigenvalue weighted by atomic mass is 16.5. The molecule has 1 fully saturated rings. The first-order chi connectivity index (χ1) is 13.9. The van der Waals surface area contributed by atoms with Crippen molar-refractivity contribution in [1.82, 2.24) is 5.32 Å². The van der Waals surface area contributed by atoms with E-state index in [1.54, 1.807) is 0 Å². The SMILES string of the molecule is CC(C)c1ccc(CNCCC(Cc2ccccc2)C2CCOC(C)(C)C2)cc1. The predicted molar refractivity (Wildman–Crippen MR) is 123 cm³/mol. The van der Waals surface area contributed by atoms with Gasteiger partial charge in [-0.1, -0.05) is 68.4 Å². The van der Waals surface area contributed by atoms with E-state index in [0.717, 1.165) is 25.6 Å². The second kappa shape index (κ2) is 10.4. The largest absolute Gasteiger partial charge is 0.376 e. The predicted octanol–water partition coefficient (Wildman–Crippen LogP) is 6.35. The molecule has 2 atom stereocenters. The monoisotopic (exact) mass is 393 g/mol. The molecule has 3 rings (SSSR count). The summed E-state index contributed by atoms with van der Waals surface area (Å²) in [6.07, 6.45) is 4.75. The van der Waals surface area contributed by atoms with E-state index in [2.05, 4.69) is 87.6 Å². The van der Waals surface area contributed by atoms with E-state index in [9.17, 15) is 0 Å². The molecule has 1 aliphatic heterocycles. The van der Waals surface area contributed by atoms with Crippen molar-refractivity contribution in [2.24, 2.45) is 11.8 Å². The van der Waals surface area contributed by atoms with Crippen LogP contribution in [-0.2, 0) is 17.7 Å². The Kier molecular flexibility index (Phi) is 7.91. The van der Waals surface area contributed by atoms with Crippen molar-refractivity contribution >= 4 is 0 Å². The smallest absolute Gasteiger partial charge is 0.0629 e. The third-order valence-corrected chi connectivity index (χ3v) is 6.41. The highest BCUT2D eigenvalue weighted by Gasteiger charge is 2.33. The van der Waals surface area contributed by atoms with Gasteiger partial charge in [-0.3, -0.25) is 0 Å². The van der Waals surface area contributed by atoms with Crippen LogP contribution < -0.4 is 5.32 Å². The van der Waals surface area contributed by atoms with E-state index in [-0.39, 0.29) is 5.60 Å². The quantitative estimate of drug-likeness (QED) is 0.501. The van der Waals surface area contributed by atoms with Gasteiger partial charge in [-0.25, -0.2) is 0 Å². The van der Waals surface area contributed by atoms with E-state index in [1.165, 1.54) is 42.4 Å². The van der Waals surface area contributed by atoms with Gasteiger partial charge >= 0.3 is 0 Å². The van der Waals surface area contributed by atoms with Crippen molar-refractivity contribution in [3.05, 3.63) is 71.3 Å². The number of rotatable bonds is 9. The second-order valence-electron chi connectivity index (χ2n) is 9.67. The molecule has 0 bridgehead atoms. The summed E-state index contributed by atoms with van der Waals surface area (Å²) in [4.78, 5) is 0. The summed E-state index contributed by atoms with van der Waals surface area (Å²) in [5, 5.41) is 3.70. The Hall–Kier alpha value is -1.64. The molecule has 1 N–H and O–H groups in total. The Balaban J connectivity index is 1.55. The second-order valence-corrected chi connectivity index (χ2v) is 9.67. The molecule has 0 radical (unpaired) electrons. The molecule has 0 amide bonds. The molecule has 2 nitrogen and oxygen atoms in total. The Morgan fingerprint density at radius 2 is 1.72 bits per heavy atom. The van der Waals surface area contributed by atoms with Crippen molar-refractivity contribution in [1.29, 1.82) is 0 Å². The van der Waals surface area contributed by atoms with Crippen molar-refractivity contribution in [3.63, 3.8) is 0 Å². The summed E-state index contributed by atoms with van der Waals surface area (Å²) >= 11 is 0. The highest BCUT2D eigenvalue weighted by Crippen LogP contribution is 2.36.